The Bertz CT molecular complexity index is 445. The van der Waals surface area contributed by atoms with Crippen molar-refractivity contribution >= 4 is 6.03 Å². The lowest BCUT2D eigenvalue weighted by atomic mass is 9.96. The van der Waals surface area contributed by atoms with Gasteiger partial charge in [-0.3, -0.25) is 0 Å². The maximum absolute atomic E-state index is 11.9. The van der Waals surface area contributed by atoms with E-state index in [-0.39, 0.29) is 18.6 Å². The van der Waals surface area contributed by atoms with Crippen LogP contribution in [-0.2, 0) is 5.60 Å². The van der Waals surface area contributed by atoms with Crippen LogP contribution in [0, 0.1) is 5.92 Å². The average molecular weight is 276 g/mol. The van der Waals surface area contributed by atoms with Crippen LogP contribution in [0.1, 0.15) is 38.7 Å². The van der Waals surface area contributed by atoms with E-state index in [0.717, 1.165) is 12.0 Å². The SMILES string of the molecule is C[C@H]1CCC[C@@H]1NC(=O)NC[C@](C)(O)c1ccccc1. The van der Waals surface area contributed by atoms with Crippen molar-refractivity contribution in [3.8, 4) is 0 Å². The number of urea groups is 1. The highest BCUT2D eigenvalue weighted by Crippen LogP contribution is 2.24. The summed E-state index contributed by atoms with van der Waals surface area (Å²) in [4.78, 5) is 11.9. The van der Waals surface area contributed by atoms with Gasteiger partial charge in [0.15, 0.2) is 0 Å². The molecule has 1 saturated carbocycles. The Kier molecular flexibility index (Phi) is 4.65. The van der Waals surface area contributed by atoms with Gasteiger partial charge in [-0.25, -0.2) is 4.79 Å². The Morgan fingerprint density at radius 3 is 2.65 bits per heavy atom. The van der Waals surface area contributed by atoms with Gasteiger partial charge in [-0.2, -0.15) is 0 Å². The fourth-order valence-electron chi connectivity index (χ4n) is 2.73. The number of amides is 2. The van der Waals surface area contributed by atoms with Crippen molar-refractivity contribution in [3.05, 3.63) is 35.9 Å². The van der Waals surface area contributed by atoms with E-state index >= 15 is 0 Å². The molecule has 3 atom stereocenters. The molecule has 0 spiro atoms. The molecular formula is C16H24N2O2. The largest absolute Gasteiger partial charge is 0.384 e. The maximum atomic E-state index is 11.9. The fourth-order valence-corrected chi connectivity index (χ4v) is 2.73. The van der Waals surface area contributed by atoms with Gasteiger partial charge in [-0.1, -0.05) is 43.7 Å². The zero-order chi connectivity index (χ0) is 14.6. The van der Waals surface area contributed by atoms with Gasteiger partial charge in [0.25, 0.3) is 0 Å². The summed E-state index contributed by atoms with van der Waals surface area (Å²) in [6, 6.07) is 9.45. The van der Waals surface area contributed by atoms with Crippen LogP contribution in [-0.4, -0.2) is 23.7 Å². The minimum absolute atomic E-state index is 0.194. The summed E-state index contributed by atoms with van der Waals surface area (Å²) < 4.78 is 0. The van der Waals surface area contributed by atoms with E-state index in [9.17, 15) is 9.90 Å². The molecule has 20 heavy (non-hydrogen) atoms. The highest BCUT2D eigenvalue weighted by molar-refractivity contribution is 5.74. The smallest absolute Gasteiger partial charge is 0.315 e. The summed E-state index contributed by atoms with van der Waals surface area (Å²) in [5.41, 5.74) is -0.255. The minimum Gasteiger partial charge on any atom is -0.384 e. The van der Waals surface area contributed by atoms with Gasteiger partial charge in [0.1, 0.15) is 5.60 Å². The molecule has 0 saturated heterocycles. The number of benzene rings is 1. The molecule has 1 aromatic rings. The van der Waals surface area contributed by atoms with E-state index < -0.39 is 5.60 Å². The molecule has 2 rings (SSSR count). The third-order valence-electron chi connectivity index (χ3n) is 4.17. The Hall–Kier alpha value is -1.55. The zero-order valence-electron chi connectivity index (χ0n) is 12.2. The molecule has 0 unspecified atom stereocenters. The van der Waals surface area contributed by atoms with Crippen LogP contribution in [0.15, 0.2) is 30.3 Å². The first kappa shape index (κ1) is 14.9. The Morgan fingerprint density at radius 2 is 2.05 bits per heavy atom. The molecule has 0 aliphatic heterocycles. The van der Waals surface area contributed by atoms with Crippen molar-refractivity contribution in [3.63, 3.8) is 0 Å². The van der Waals surface area contributed by atoms with Crippen molar-refractivity contribution < 1.29 is 9.90 Å². The average Bonchev–Trinajstić information content (AvgIpc) is 2.83. The van der Waals surface area contributed by atoms with Crippen molar-refractivity contribution in [1.29, 1.82) is 0 Å². The van der Waals surface area contributed by atoms with Crippen molar-refractivity contribution in [2.24, 2.45) is 5.92 Å². The molecule has 2 amide bonds. The first-order chi connectivity index (χ1) is 9.49. The summed E-state index contributed by atoms with van der Waals surface area (Å²) in [6.45, 7) is 4.07. The number of carbonyl (C=O) groups is 1. The monoisotopic (exact) mass is 276 g/mol. The topological polar surface area (TPSA) is 61.4 Å². The van der Waals surface area contributed by atoms with Gasteiger partial charge in [-0.05, 0) is 31.2 Å². The number of aliphatic hydroxyl groups is 1. The predicted molar refractivity (Wildman–Crippen MR) is 79.4 cm³/mol. The van der Waals surface area contributed by atoms with Crippen LogP contribution in [0.25, 0.3) is 0 Å². The van der Waals surface area contributed by atoms with Crippen LogP contribution >= 0.6 is 0 Å². The van der Waals surface area contributed by atoms with Gasteiger partial charge in [0.2, 0.25) is 0 Å². The van der Waals surface area contributed by atoms with E-state index in [1.165, 1.54) is 12.8 Å². The van der Waals surface area contributed by atoms with Crippen LogP contribution in [0.3, 0.4) is 0 Å². The first-order valence-electron chi connectivity index (χ1n) is 7.31. The van der Waals surface area contributed by atoms with Crippen LogP contribution < -0.4 is 10.6 Å². The summed E-state index contributed by atoms with van der Waals surface area (Å²) in [7, 11) is 0. The van der Waals surface area contributed by atoms with E-state index in [1.54, 1.807) is 6.92 Å². The molecule has 1 aliphatic carbocycles. The number of rotatable bonds is 4. The molecule has 1 fully saturated rings. The van der Waals surface area contributed by atoms with E-state index in [2.05, 4.69) is 17.6 Å². The Labute approximate surface area is 120 Å². The summed E-state index contributed by atoms with van der Waals surface area (Å²) >= 11 is 0. The molecule has 4 nitrogen and oxygen atoms in total. The second kappa shape index (κ2) is 6.27. The molecule has 4 heteroatoms. The molecule has 0 heterocycles. The minimum atomic E-state index is -1.06. The first-order valence-corrected chi connectivity index (χ1v) is 7.31. The maximum Gasteiger partial charge on any atom is 0.315 e. The van der Waals surface area contributed by atoms with Gasteiger partial charge in [-0.15, -0.1) is 0 Å². The third-order valence-corrected chi connectivity index (χ3v) is 4.17. The summed E-state index contributed by atoms with van der Waals surface area (Å²) in [5.74, 6) is 0.537. The molecular weight excluding hydrogens is 252 g/mol. The second-order valence-electron chi connectivity index (χ2n) is 5.98. The highest BCUT2D eigenvalue weighted by atomic mass is 16.3. The standard InChI is InChI=1S/C16H24N2O2/c1-12-7-6-10-14(12)18-15(19)17-11-16(2,20)13-8-4-3-5-9-13/h3-5,8-9,12,14,20H,6-7,10-11H2,1-2H3,(H2,17,18,19)/t12-,14-,16-/m0/s1. The predicted octanol–water partition coefficient (Wildman–Crippen LogP) is 2.38. The second-order valence-corrected chi connectivity index (χ2v) is 5.98. The van der Waals surface area contributed by atoms with E-state index in [0.29, 0.717) is 5.92 Å². The molecule has 110 valence electrons. The molecule has 1 aromatic carbocycles. The van der Waals surface area contributed by atoms with E-state index in [4.69, 9.17) is 0 Å². The van der Waals surface area contributed by atoms with Crippen molar-refractivity contribution in [2.75, 3.05) is 6.54 Å². The Morgan fingerprint density at radius 1 is 1.35 bits per heavy atom. The molecule has 0 aromatic heterocycles. The van der Waals surface area contributed by atoms with Crippen LogP contribution in [0.2, 0.25) is 0 Å². The number of hydrogen-bond donors (Lipinski definition) is 3. The zero-order valence-corrected chi connectivity index (χ0v) is 12.2. The molecule has 0 bridgehead atoms. The normalized spacial score (nSPS) is 24.9. The van der Waals surface area contributed by atoms with Gasteiger partial charge in [0, 0.05) is 6.04 Å². The van der Waals surface area contributed by atoms with E-state index in [1.807, 2.05) is 30.3 Å². The summed E-state index contributed by atoms with van der Waals surface area (Å²) in [6.07, 6.45) is 3.39. The summed E-state index contributed by atoms with van der Waals surface area (Å²) in [5, 5.41) is 16.2. The lowest BCUT2D eigenvalue weighted by molar-refractivity contribution is 0.0592. The van der Waals surface area contributed by atoms with Crippen LogP contribution in [0.4, 0.5) is 4.79 Å². The lowest BCUT2D eigenvalue weighted by Crippen LogP contribution is -2.47. The number of carbonyl (C=O) groups excluding carboxylic acids is 1. The number of hydrogen-bond acceptors (Lipinski definition) is 2. The van der Waals surface area contributed by atoms with Crippen molar-refractivity contribution in [1.82, 2.24) is 10.6 Å². The van der Waals surface area contributed by atoms with Crippen molar-refractivity contribution in [2.45, 2.75) is 44.8 Å². The molecule has 3 N–H and O–H groups in total. The van der Waals surface area contributed by atoms with Crippen LogP contribution in [0.5, 0.6) is 0 Å². The number of nitrogens with one attached hydrogen (secondary N) is 2. The van der Waals surface area contributed by atoms with Gasteiger partial charge < -0.3 is 15.7 Å². The fraction of sp³-hybridized carbons (Fsp3) is 0.562. The van der Waals surface area contributed by atoms with Gasteiger partial charge in [0.05, 0.1) is 6.54 Å². The van der Waals surface area contributed by atoms with Gasteiger partial charge >= 0.3 is 6.03 Å². The lowest BCUT2D eigenvalue weighted by Gasteiger charge is -2.25. The third kappa shape index (κ3) is 3.73. The quantitative estimate of drug-likeness (QED) is 0.790. The Balaban J connectivity index is 1.83. The molecule has 1 aliphatic rings. The molecule has 0 radical (unpaired) electrons. The highest BCUT2D eigenvalue weighted by Gasteiger charge is 2.27.